The molecule has 2 aromatic rings. The number of aromatic nitrogens is 2. The molecule has 1 N–H and O–H groups in total. The van der Waals surface area contributed by atoms with Crippen LogP contribution in [0.3, 0.4) is 0 Å². The summed E-state index contributed by atoms with van der Waals surface area (Å²) >= 11 is 0. The number of hydrogen-bond acceptors (Lipinski definition) is 2. The predicted octanol–water partition coefficient (Wildman–Crippen LogP) is 3.53. The molecule has 2 rings (SSSR count). The Hall–Kier alpha value is -1.91. The van der Waals surface area contributed by atoms with Crippen molar-refractivity contribution in [1.29, 1.82) is 0 Å². The summed E-state index contributed by atoms with van der Waals surface area (Å²) in [5.74, 6) is -0.932. The third-order valence-corrected chi connectivity index (χ3v) is 2.73. The van der Waals surface area contributed by atoms with E-state index in [0.717, 1.165) is 23.8 Å². The van der Waals surface area contributed by atoms with Crippen molar-refractivity contribution in [1.82, 2.24) is 9.78 Å². The molecule has 0 aliphatic rings. The summed E-state index contributed by atoms with van der Waals surface area (Å²) in [5.41, 5.74) is 0.976. The number of rotatable bonds is 3. The highest BCUT2D eigenvalue weighted by molar-refractivity contribution is 5.45. The van der Waals surface area contributed by atoms with E-state index in [0.29, 0.717) is 6.54 Å². The molecule has 3 nitrogen and oxygen atoms in total. The Morgan fingerprint density at radius 3 is 2.63 bits per heavy atom. The van der Waals surface area contributed by atoms with Gasteiger partial charge in [0.1, 0.15) is 11.6 Å². The lowest BCUT2D eigenvalue weighted by Gasteiger charge is -2.18. The highest BCUT2D eigenvalue weighted by atomic mass is 19.1. The fraction of sp³-hybridized carbons (Fsp3) is 0.357. The quantitative estimate of drug-likeness (QED) is 0.920. The van der Waals surface area contributed by atoms with Crippen LogP contribution in [-0.2, 0) is 12.1 Å². The number of halogens is 2. The fourth-order valence-corrected chi connectivity index (χ4v) is 1.65. The van der Waals surface area contributed by atoms with E-state index in [9.17, 15) is 8.78 Å². The molecule has 5 heteroatoms. The van der Waals surface area contributed by atoms with Gasteiger partial charge < -0.3 is 5.32 Å². The van der Waals surface area contributed by atoms with Crippen LogP contribution in [0.1, 0.15) is 26.3 Å². The SMILES string of the molecule is CC(C)(C)n1cc(CNc2cc(F)ccc2F)cn1. The van der Waals surface area contributed by atoms with E-state index in [1.807, 2.05) is 31.6 Å². The molecule has 0 aliphatic carbocycles. The first-order valence-electron chi connectivity index (χ1n) is 6.09. The Bertz CT molecular complexity index is 570. The third kappa shape index (κ3) is 3.30. The molecule has 0 saturated carbocycles. The number of nitrogens with one attached hydrogen (secondary N) is 1. The van der Waals surface area contributed by atoms with Crippen LogP contribution in [0.2, 0.25) is 0 Å². The van der Waals surface area contributed by atoms with Crippen LogP contribution >= 0.6 is 0 Å². The second kappa shape index (κ2) is 4.99. The van der Waals surface area contributed by atoms with Crippen molar-refractivity contribution in [3.05, 3.63) is 47.8 Å². The maximum atomic E-state index is 13.4. The van der Waals surface area contributed by atoms with Gasteiger partial charge in [-0.05, 0) is 39.0 Å². The molecule has 0 bridgehead atoms. The van der Waals surface area contributed by atoms with Crippen molar-refractivity contribution in [2.75, 3.05) is 5.32 Å². The molecule has 0 atom stereocenters. The molecule has 0 amide bonds. The fourth-order valence-electron chi connectivity index (χ4n) is 1.65. The van der Waals surface area contributed by atoms with Crippen molar-refractivity contribution >= 4 is 5.69 Å². The van der Waals surface area contributed by atoms with Gasteiger partial charge in [0, 0.05) is 18.3 Å². The predicted molar refractivity (Wildman–Crippen MR) is 70.9 cm³/mol. The standard InChI is InChI=1S/C14H17F2N3/c1-14(2,3)19-9-10(8-18-19)7-17-13-6-11(15)4-5-12(13)16/h4-6,8-9,17H,7H2,1-3H3. The van der Waals surface area contributed by atoms with E-state index < -0.39 is 11.6 Å². The first-order chi connectivity index (χ1) is 8.86. The van der Waals surface area contributed by atoms with Gasteiger partial charge in [-0.1, -0.05) is 0 Å². The van der Waals surface area contributed by atoms with Crippen molar-refractivity contribution in [3.8, 4) is 0 Å². The van der Waals surface area contributed by atoms with Gasteiger partial charge in [0.15, 0.2) is 0 Å². The van der Waals surface area contributed by atoms with E-state index in [-0.39, 0.29) is 11.2 Å². The molecule has 0 aliphatic heterocycles. The maximum absolute atomic E-state index is 13.4. The minimum absolute atomic E-state index is 0.0949. The van der Waals surface area contributed by atoms with Crippen LogP contribution in [0.15, 0.2) is 30.6 Å². The van der Waals surface area contributed by atoms with Crippen molar-refractivity contribution in [2.24, 2.45) is 0 Å². The Morgan fingerprint density at radius 2 is 2.00 bits per heavy atom. The van der Waals surface area contributed by atoms with Crippen LogP contribution in [0.25, 0.3) is 0 Å². The smallest absolute Gasteiger partial charge is 0.146 e. The number of hydrogen-bond donors (Lipinski definition) is 1. The zero-order chi connectivity index (χ0) is 14.0. The topological polar surface area (TPSA) is 29.9 Å². The van der Waals surface area contributed by atoms with E-state index in [1.165, 1.54) is 0 Å². The first kappa shape index (κ1) is 13.5. The zero-order valence-corrected chi connectivity index (χ0v) is 11.2. The van der Waals surface area contributed by atoms with Gasteiger partial charge in [0.2, 0.25) is 0 Å². The lowest BCUT2D eigenvalue weighted by atomic mass is 10.1. The Labute approximate surface area is 111 Å². The summed E-state index contributed by atoms with van der Waals surface area (Å²) in [6, 6.07) is 3.35. The van der Waals surface area contributed by atoms with Crippen LogP contribution in [-0.4, -0.2) is 9.78 Å². The van der Waals surface area contributed by atoms with E-state index in [4.69, 9.17) is 0 Å². The normalized spacial score (nSPS) is 11.6. The molecule has 0 saturated heterocycles. The first-order valence-corrected chi connectivity index (χ1v) is 6.09. The molecule has 0 unspecified atom stereocenters. The van der Waals surface area contributed by atoms with E-state index >= 15 is 0 Å². The second-order valence-electron chi connectivity index (χ2n) is 5.44. The molecule has 102 valence electrons. The average Bonchev–Trinajstić information content (AvgIpc) is 2.79. The Balaban J connectivity index is 2.06. The lowest BCUT2D eigenvalue weighted by Crippen LogP contribution is -2.21. The molecule has 19 heavy (non-hydrogen) atoms. The van der Waals surface area contributed by atoms with Gasteiger partial charge in [-0.2, -0.15) is 5.10 Å². The molecular weight excluding hydrogens is 248 g/mol. The summed E-state index contributed by atoms with van der Waals surface area (Å²) in [5, 5.41) is 7.12. The number of anilines is 1. The molecule has 1 aromatic carbocycles. The van der Waals surface area contributed by atoms with Gasteiger partial charge in [0.25, 0.3) is 0 Å². The monoisotopic (exact) mass is 265 g/mol. The van der Waals surface area contributed by atoms with Crippen LogP contribution in [0.5, 0.6) is 0 Å². The Morgan fingerprint density at radius 1 is 1.26 bits per heavy atom. The summed E-state index contributed by atoms with van der Waals surface area (Å²) in [7, 11) is 0. The number of benzene rings is 1. The highest BCUT2D eigenvalue weighted by Gasteiger charge is 2.14. The van der Waals surface area contributed by atoms with E-state index in [2.05, 4.69) is 10.4 Å². The highest BCUT2D eigenvalue weighted by Crippen LogP contribution is 2.17. The number of nitrogens with zero attached hydrogens (tertiary/aromatic N) is 2. The summed E-state index contributed by atoms with van der Waals surface area (Å²) in [4.78, 5) is 0. The van der Waals surface area contributed by atoms with Gasteiger partial charge in [-0.25, -0.2) is 8.78 Å². The average molecular weight is 265 g/mol. The second-order valence-corrected chi connectivity index (χ2v) is 5.44. The van der Waals surface area contributed by atoms with Crippen molar-refractivity contribution in [2.45, 2.75) is 32.9 Å². The third-order valence-electron chi connectivity index (χ3n) is 2.73. The largest absolute Gasteiger partial charge is 0.378 e. The molecule has 0 spiro atoms. The minimum atomic E-state index is -0.468. The summed E-state index contributed by atoms with van der Waals surface area (Å²) in [6.45, 7) is 6.53. The van der Waals surface area contributed by atoms with Crippen molar-refractivity contribution in [3.63, 3.8) is 0 Å². The van der Waals surface area contributed by atoms with Crippen molar-refractivity contribution < 1.29 is 8.78 Å². The molecule has 0 fully saturated rings. The van der Waals surface area contributed by atoms with Gasteiger partial charge in [0.05, 0.1) is 17.4 Å². The lowest BCUT2D eigenvalue weighted by molar-refractivity contribution is 0.355. The Kier molecular flexibility index (Phi) is 3.55. The molecule has 1 heterocycles. The van der Waals surface area contributed by atoms with Crippen LogP contribution in [0.4, 0.5) is 14.5 Å². The van der Waals surface area contributed by atoms with E-state index in [1.54, 1.807) is 6.20 Å². The maximum Gasteiger partial charge on any atom is 0.146 e. The minimum Gasteiger partial charge on any atom is -0.378 e. The van der Waals surface area contributed by atoms with Crippen LogP contribution < -0.4 is 5.32 Å². The van der Waals surface area contributed by atoms with Gasteiger partial charge in [-0.15, -0.1) is 0 Å². The van der Waals surface area contributed by atoms with Crippen LogP contribution in [0, 0.1) is 11.6 Å². The molecule has 0 radical (unpaired) electrons. The van der Waals surface area contributed by atoms with Gasteiger partial charge >= 0.3 is 0 Å². The summed E-state index contributed by atoms with van der Waals surface area (Å²) in [6.07, 6.45) is 3.61. The molecular formula is C14H17F2N3. The zero-order valence-electron chi connectivity index (χ0n) is 11.2. The van der Waals surface area contributed by atoms with Gasteiger partial charge in [-0.3, -0.25) is 4.68 Å². The molecule has 1 aromatic heterocycles. The summed E-state index contributed by atoms with van der Waals surface area (Å²) < 4.78 is 28.3.